The van der Waals surface area contributed by atoms with Crippen LogP contribution in [-0.4, -0.2) is 11.3 Å². The molecule has 21 heavy (non-hydrogen) atoms. The molecule has 3 N–H and O–H groups in total. The second kappa shape index (κ2) is 7.21. The molecule has 2 nitrogen and oxygen atoms in total. The Kier molecular flexibility index (Phi) is 5.32. The van der Waals surface area contributed by atoms with Crippen LogP contribution in [0.1, 0.15) is 24.0 Å². The van der Waals surface area contributed by atoms with E-state index in [4.69, 9.17) is 5.73 Å². The second-order valence-corrected chi connectivity index (χ2v) is 5.57. The Labute approximate surface area is 126 Å². The molecule has 0 amide bonds. The molecule has 2 atom stereocenters. The van der Waals surface area contributed by atoms with Crippen LogP contribution in [0, 0.1) is 0 Å². The van der Waals surface area contributed by atoms with Gasteiger partial charge in [-0.1, -0.05) is 66.7 Å². The zero-order valence-electron chi connectivity index (χ0n) is 12.3. The molecule has 2 rings (SSSR count). The molecule has 0 heterocycles. The molecule has 0 saturated carbocycles. The van der Waals surface area contributed by atoms with E-state index in [2.05, 4.69) is 30.8 Å². The highest BCUT2D eigenvalue weighted by Crippen LogP contribution is 2.36. The van der Waals surface area contributed by atoms with E-state index in [1.165, 1.54) is 11.1 Å². The van der Waals surface area contributed by atoms with Crippen LogP contribution in [-0.2, 0) is 11.8 Å². The Hall–Kier alpha value is -1.90. The van der Waals surface area contributed by atoms with Gasteiger partial charge in [0.1, 0.15) is 6.23 Å². The zero-order chi connectivity index (χ0) is 15.1. The Bertz CT molecular complexity index is 550. The maximum Gasteiger partial charge on any atom is 0.103 e. The number of hydrogen-bond donors (Lipinski definition) is 2. The van der Waals surface area contributed by atoms with Gasteiger partial charge in [-0.3, -0.25) is 0 Å². The van der Waals surface area contributed by atoms with Gasteiger partial charge in [0.2, 0.25) is 0 Å². The van der Waals surface area contributed by atoms with Crippen molar-refractivity contribution in [2.75, 3.05) is 0 Å². The number of aliphatic hydroxyl groups excluding tert-OH is 1. The molecule has 0 spiro atoms. The van der Waals surface area contributed by atoms with Gasteiger partial charge in [-0.05, 0) is 30.4 Å². The van der Waals surface area contributed by atoms with Crippen molar-refractivity contribution >= 4 is 0 Å². The van der Waals surface area contributed by atoms with Crippen LogP contribution in [0.15, 0.2) is 73.3 Å². The van der Waals surface area contributed by atoms with Crippen molar-refractivity contribution in [1.82, 2.24) is 0 Å². The molecular weight excluding hydrogens is 258 g/mol. The molecule has 0 aliphatic rings. The van der Waals surface area contributed by atoms with Crippen LogP contribution in [0.25, 0.3) is 0 Å². The molecule has 0 aromatic heterocycles. The van der Waals surface area contributed by atoms with Crippen LogP contribution < -0.4 is 5.73 Å². The summed E-state index contributed by atoms with van der Waals surface area (Å²) in [5.74, 6) is 0. The lowest BCUT2D eigenvalue weighted by Crippen LogP contribution is -2.36. The van der Waals surface area contributed by atoms with E-state index in [0.717, 1.165) is 12.8 Å². The highest BCUT2D eigenvalue weighted by molar-refractivity contribution is 5.30. The van der Waals surface area contributed by atoms with Crippen molar-refractivity contribution in [2.24, 2.45) is 5.73 Å². The number of hydrogen-bond acceptors (Lipinski definition) is 2. The smallest absolute Gasteiger partial charge is 0.103 e. The Morgan fingerprint density at radius 2 is 1.62 bits per heavy atom. The molecule has 0 saturated heterocycles. The first-order valence-electron chi connectivity index (χ1n) is 7.30. The molecule has 110 valence electrons. The Balaban J connectivity index is 2.42. The molecule has 0 radical (unpaired) electrons. The lowest BCUT2D eigenvalue weighted by atomic mass is 9.70. The number of rotatable bonds is 7. The number of aliphatic hydroxyl groups is 1. The lowest BCUT2D eigenvalue weighted by Gasteiger charge is -2.35. The first kappa shape index (κ1) is 15.5. The standard InChI is InChI=1S/C19H23NO/c1-2-13-19(15-18(20)21,17-11-7-4-8-12-17)14-16-9-5-3-6-10-16/h2-12,18,21H,1,13-15,20H2/t18-,19?/m1/s1. The number of benzene rings is 2. The normalized spacial score (nSPS) is 15.1. The fourth-order valence-electron chi connectivity index (χ4n) is 3.02. The van der Waals surface area contributed by atoms with E-state index in [9.17, 15) is 5.11 Å². The predicted molar refractivity (Wildman–Crippen MR) is 87.9 cm³/mol. The van der Waals surface area contributed by atoms with Gasteiger partial charge in [0.15, 0.2) is 0 Å². The molecular formula is C19H23NO. The monoisotopic (exact) mass is 281 g/mol. The predicted octanol–water partition coefficient (Wildman–Crippen LogP) is 3.41. The molecule has 0 fully saturated rings. The van der Waals surface area contributed by atoms with E-state index in [0.29, 0.717) is 6.42 Å². The summed E-state index contributed by atoms with van der Waals surface area (Å²) in [4.78, 5) is 0. The molecule has 0 aliphatic heterocycles. The molecule has 0 bridgehead atoms. The third kappa shape index (κ3) is 4.03. The number of allylic oxidation sites excluding steroid dienone is 1. The summed E-state index contributed by atoms with van der Waals surface area (Å²) in [5.41, 5.74) is 7.93. The van der Waals surface area contributed by atoms with Crippen molar-refractivity contribution in [3.63, 3.8) is 0 Å². The summed E-state index contributed by atoms with van der Waals surface area (Å²) >= 11 is 0. The summed E-state index contributed by atoms with van der Waals surface area (Å²) in [6, 6.07) is 20.6. The first-order valence-corrected chi connectivity index (χ1v) is 7.30. The van der Waals surface area contributed by atoms with Crippen molar-refractivity contribution in [3.05, 3.63) is 84.4 Å². The first-order chi connectivity index (χ1) is 10.2. The van der Waals surface area contributed by atoms with Crippen LogP contribution >= 0.6 is 0 Å². The van der Waals surface area contributed by atoms with Crippen molar-refractivity contribution in [2.45, 2.75) is 30.9 Å². The topological polar surface area (TPSA) is 46.2 Å². The quantitative estimate of drug-likeness (QED) is 0.603. The van der Waals surface area contributed by atoms with Crippen LogP contribution in [0.3, 0.4) is 0 Å². The average Bonchev–Trinajstić information content (AvgIpc) is 2.49. The molecule has 2 aromatic rings. The van der Waals surface area contributed by atoms with E-state index in [-0.39, 0.29) is 5.41 Å². The van der Waals surface area contributed by atoms with Gasteiger partial charge in [0.25, 0.3) is 0 Å². The minimum atomic E-state index is -0.839. The molecule has 2 heteroatoms. The molecule has 1 unspecified atom stereocenters. The van der Waals surface area contributed by atoms with E-state index >= 15 is 0 Å². The summed E-state index contributed by atoms with van der Waals surface area (Å²) in [5, 5.41) is 9.80. The second-order valence-electron chi connectivity index (χ2n) is 5.57. The SMILES string of the molecule is C=CCC(Cc1ccccc1)(C[C@H](N)O)c1ccccc1. The van der Waals surface area contributed by atoms with Gasteiger partial charge in [-0.25, -0.2) is 0 Å². The zero-order valence-corrected chi connectivity index (χ0v) is 12.3. The summed E-state index contributed by atoms with van der Waals surface area (Å²) in [6.07, 6.45) is 3.20. The lowest BCUT2D eigenvalue weighted by molar-refractivity contribution is 0.135. The number of nitrogens with two attached hydrogens (primary N) is 1. The molecule has 0 aliphatic carbocycles. The fraction of sp³-hybridized carbons (Fsp3) is 0.263. The van der Waals surface area contributed by atoms with Crippen molar-refractivity contribution in [3.8, 4) is 0 Å². The van der Waals surface area contributed by atoms with Crippen LogP contribution in [0.4, 0.5) is 0 Å². The van der Waals surface area contributed by atoms with Crippen LogP contribution in [0.5, 0.6) is 0 Å². The highest BCUT2D eigenvalue weighted by atomic mass is 16.3. The maximum atomic E-state index is 9.80. The Morgan fingerprint density at radius 3 is 2.14 bits per heavy atom. The van der Waals surface area contributed by atoms with Gasteiger partial charge < -0.3 is 10.8 Å². The van der Waals surface area contributed by atoms with E-state index in [1.807, 2.05) is 42.5 Å². The average molecular weight is 281 g/mol. The van der Waals surface area contributed by atoms with Gasteiger partial charge in [0.05, 0.1) is 0 Å². The summed E-state index contributed by atoms with van der Waals surface area (Å²) < 4.78 is 0. The minimum absolute atomic E-state index is 0.224. The summed E-state index contributed by atoms with van der Waals surface area (Å²) in [6.45, 7) is 3.90. The van der Waals surface area contributed by atoms with Crippen molar-refractivity contribution in [1.29, 1.82) is 0 Å². The highest BCUT2D eigenvalue weighted by Gasteiger charge is 2.32. The van der Waals surface area contributed by atoms with Gasteiger partial charge in [-0.15, -0.1) is 6.58 Å². The third-order valence-electron chi connectivity index (χ3n) is 3.91. The van der Waals surface area contributed by atoms with Crippen molar-refractivity contribution < 1.29 is 5.11 Å². The van der Waals surface area contributed by atoms with Gasteiger partial charge in [-0.2, -0.15) is 0 Å². The van der Waals surface area contributed by atoms with E-state index < -0.39 is 6.23 Å². The maximum absolute atomic E-state index is 9.80. The Morgan fingerprint density at radius 1 is 1.05 bits per heavy atom. The third-order valence-corrected chi connectivity index (χ3v) is 3.91. The van der Waals surface area contributed by atoms with Crippen LogP contribution in [0.2, 0.25) is 0 Å². The van der Waals surface area contributed by atoms with Gasteiger partial charge >= 0.3 is 0 Å². The van der Waals surface area contributed by atoms with E-state index in [1.54, 1.807) is 0 Å². The van der Waals surface area contributed by atoms with Gasteiger partial charge in [0, 0.05) is 5.41 Å². The largest absolute Gasteiger partial charge is 0.379 e. The molecule has 2 aromatic carbocycles. The minimum Gasteiger partial charge on any atom is -0.379 e. The summed E-state index contributed by atoms with van der Waals surface area (Å²) in [7, 11) is 0. The fourth-order valence-corrected chi connectivity index (χ4v) is 3.02.